The first kappa shape index (κ1) is 13.5. The third-order valence-corrected chi connectivity index (χ3v) is 3.66. The van der Waals surface area contributed by atoms with E-state index in [2.05, 4.69) is 0 Å². The molecule has 0 spiro atoms. The van der Waals surface area contributed by atoms with Gasteiger partial charge in [-0.25, -0.2) is 4.57 Å². The Hall–Kier alpha value is -1.89. The van der Waals surface area contributed by atoms with Crippen LogP contribution in [0, 0.1) is 10.1 Å². The van der Waals surface area contributed by atoms with Crippen molar-refractivity contribution in [3.05, 3.63) is 27.9 Å². The molecule has 2 N–H and O–H groups in total. The van der Waals surface area contributed by atoms with Gasteiger partial charge in [0.05, 0.1) is 7.05 Å². The summed E-state index contributed by atoms with van der Waals surface area (Å²) in [5, 5.41) is 10.8. The van der Waals surface area contributed by atoms with Gasteiger partial charge in [-0.1, -0.05) is 0 Å². The van der Waals surface area contributed by atoms with Gasteiger partial charge in [0.2, 0.25) is 0 Å². The summed E-state index contributed by atoms with van der Waals surface area (Å²) in [5.74, 6) is -0.254. The van der Waals surface area contributed by atoms with Crippen LogP contribution in [-0.2, 0) is 7.05 Å². The topological polar surface area (TPSA) is 94.4 Å². The molecule has 2 heterocycles. The maximum absolute atomic E-state index is 12.5. The van der Waals surface area contributed by atoms with Crippen LogP contribution in [0.4, 0.5) is 5.82 Å². The number of aromatic nitrogens is 1. The predicted molar refractivity (Wildman–Crippen MR) is 69.8 cm³/mol. The summed E-state index contributed by atoms with van der Waals surface area (Å²) in [6.45, 7) is 1.10. The summed E-state index contributed by atoms with van der Waals surface area (Å²) >= 11 is 0. The van der Waals surface area contributed by atoms with Crippen molar-refractivity contribution < 1.29 is 9.72 Å². The summed E-state index contributed by atoms with van der Waals surface area (Å²) < 4.78 is 1.32. The standard InChI is InChI=1S/C12H18N4O3/c1-14-10(5-6-11(14)16(18)19)12(17)15-7-3-2-4-9(15)8-13/h5-6,9H,2-4,7-8,13H2,1H3. The second-order valence-electron chi connectivity index (χ2n) is 4.78. The molecule has 7 nitrogen and oxygen atoms in total. The van der Waals surface area contributed by atoms with Gasteiger partial charge < -0.3 is 20.7 Å². The highest BCUT2D eigenvalue weighted by Crippen LogP contribution is 2.22. The van der Waals surface area contributed by atoms with E-state index in [1.165, 1.54) is 23.7 Å². The third kappa shape index (κ3) is 2.46. The molecule has 7 heteroatoms. The van der Waals surface area contributed by atoms with E-state index in [9.17, 15) is 14.9 Å². The number of nitrogens with two attached hydrogens (primary N) is 1. The lowest BCUT2D eigenvalue weighted by Gasteiger charge is -2.34. The zero-order valence-corrected chi connectivity index (χ0v) is 10.9. The van der Waals surface area contributed by atoms with Gasteiger partial charge in [0.1, 0.15) is 0 Å². The fourth-order valence-electron chi connectivity index (χ4n) is 2.56. The lowest BCUT2D eigenvalue weighted by molar-refractivity contribution is -0.391. The average Bonchev–Trinajstić information content (AvgIpc) is 2.80. The summed E-state index contributed by atoms with van der Waals surface area (Å²) in [6, 6.07) is 2.90. The van der Waals surface area contributed by atoms with E-state index < -0.39 is 4.92 Å². The van der Waals surface area contributed by atoms with Crippen molar-refractivity contribution in [2.75, 3.05) is 13.1 Å². The highest BCUT2D eigenvalue weighted by atomic mass is 16.6. The van der Waals surface area contributed by atoms with E-state index in [1.54, 1.807) is 4.90 Å². The first-order chi connectivity index (χ1) is 9.06. The smallest absolute Gasteiger partial charge is 0.323 e. The summed E-state index contributed by atoms with van der Waals surface area (Å²) in [4.78, 5) is 24.5. The molecule has 1 aromatic rings. The van der Waals surface area contributed by atoms with Gasteiger partial charge in [-0.3, -0.25) is 4.79 Å². The number of amides is 1. The number of carbonyl (C=O) groups is 1. The summed E-state index contributed by atoms with van der Waals surface area (Å²) in [6.07, 6.45) is 2.92. The van der Waals surface area contributed by atoms with Crippen LogP contribution in [0.5, 0.6) is 0 Å². The first-order valence-electron chi connectivity index (χ1n) is 6.37. The number of carbonyl (C=O) groups excluding carboxylic acids is 1. The SMILES string of the molecule is Cn1c(C(=O)N2CCCCC2CN)ccc1[N+](=O)[O-]. The highest BCUT2D eigenvalue weighted by molar-refractivity contribution is 5.93. The Morgan fingerprint density at radius 1 is 1.53 bits per heavy atom. The third-order valence-electron chi connectivity index (χ3n) is 3.66. The maximum Gasteiger partial charge on any atom is 0.323 e. The molecular formula is C12H18N4O3. The Kier molecular flexibility index (Phi) is 3.84. The molecule has 1 aromatic heterocycles. The molecule has 1 aliphatic rings. The summed E-state index contributed by atoms with van der Waals surface area (Å²) in [7, 11) is 1.53. The van der Waals surface area contributed by atoms with E-state index in [0.29, 0.717) is 18.8 Å². The predicted octanol–water partition coefficient (Wildman–Crippen LogP) is 0.887. The van der Waals surface area contributed by atoms with Crippen LogP contribution in [0.25, 0.3) is 0 Å². The average molecular weight is 266 g/mol. The number of piperidine rings is 1. The van der Waals surface area contributed by atoms with E-state index in [1.807, 2.05) is 0 Å². The molecule has 1 aliphatic heterocycles. The van der Waals surface area contributed by atoms with Gasteiger partial charge in [0.15, 0.2) is 5.69 Å². The molecule has 0 aromatic carbocycles. The first-order valence-corrected chi connectivity index (χ1v) is 6.37. The minimum atomic E-state index is -0.493. The van der Waals surface area contributed by atoms with Crippen LogP contribution >= 0.6 is 0 Å². The van der Waals surface area contributed by atoms with Crippen molar-refractivity contribution in [1.29, 1.82) is 0 Å². The van der Waals surface area contributed by atoms with E-state index in [4.69, 9.17) is 5.73 Å². The number of rotatable bonds is 3. The molecule has 0 aliphatic carbocycles. The lowest BCUT2D eigenvalue weighted by Crippen LogP contribution is -2.47. The maximum atomic E-state index is 12.5. The van der Waals surface area contributed by atoms with Gasteiger partial charge >= 0.3 is 5.82 Å². The number of likely N-dealkylation sites (tertiary alicyclic amines) is 1. The highest BCUT2D eigenvalue weighted by Gasteiger charge is 2.30. The fraction of sp³-hybridized carbons (Fsp3) is 0.583. The molecule has 1 amide bonds. The molecule has 1 atom stereocenters. The van der Waals surface area contributed by atoms with Crippen molar-refractivity contribution in [3.8, 4) is 0 Å². The lowest BCUT2D eigenvalue weighted by atomic mass is 10.0. The van der Waals surface area contributed by atoms with Gasteiger partial charge in [-0.2, -0.15) is 0 Å². The minimum Gasteiger partial charge on any atom is -0.358 e. The minimum absolute atomic E-state index is 0.0372. The van der Waals surface area contributed by atoms with E-state index in [0.717, 1.165) is 19.3 Å². The Bertz CT molecular complexity index is 497. The second-order valence-corrected chi connectivity index (χ2v) is 4.78. The summed E-state index contributed by atoms with van der Waals surface area (Å²) in [5.41, 5.74) is 6.03. The molecule has 0 saturated carbocycles. The monoisotopic (exact) mass is 266 g/mol. The number of nitro groups is 1. The number of hydrogen-bond donors (Lipinski definition) is 1. The molecular weight excluding hydrogens is 248 g/mol. The van der Waals surface area contributed by atoms with E-state index >= 15 is 0 Å². The Morgan fingerprint density at radius 2 is 2.26 bits per heavy atom. The molecule has 0 bridgehead atoms. The molecule has 1 unspecified atom stereocenters. The van der Waals surface area contributed by atoms with Crippen molar-refractivity contribution in [2.45, 2.75) is 25.3 Å². The van der Waals surface area contributed by atoms with Crippen LogP contribution in [-0.4, -0.2) is 39.4 Å². The molecule has 0 radical (unpaired) electrons. The number of nitrogens with zero attached hydrogens (tertiary/aromatic N) is 3. The van der Waals surface area contributed by atoms with Crippen molar-refractivity contribution >= 4 is 11.7 Å². The van der Waals surface area contributed by atoms with Gasteiger partial charge in [-0.15, -0.1) is 0 Å². The Balaban J connectivity index is 2.26. The van der Waals surface area contributed by atoms with Crippen LogP contribution in [0.15, 0.2) is 12.1 Å². The fourth-order valence-corrected chi connectivity index (χ4v) is 2.56. The second kappa shape index (κ2) is 5.40. The van der Waals surface area contributed by atoms with Gasteiger partial charge in [0.25, 0.3) is 5.91 Å². The van der Waals surface area contributed by atoms with Crippen LogP contribution in [0.1, 0.15) is 29.8 Å². The number of hydrogen-bond acceptors (Lipinski definition) is 4. The van der Waals surface area contributed by atoms with E-state index in [-0.39, 0.29) is 17.8 Å². The molecule has 1 saturated heterocycles. The Morgan fingerprint density at radius 3 is 2.84 bits per heavy atom. The normalized spacial score (nSPS) is 19.5. The van der Waals surface area contributed by atoms with Crippen LogP contribution in [0.2, 0.25) is 0 Å². The van der Waals surface area contributed by atoms with Gasteiger partial charge in [0, 0.05) is 25.2 Å². The largest absolute Gasteiger partial charge is 0.358 e. The van der Waals surface area contributed by atoms with Crippen LogP contribution < -0.4 is 5.73 Å². The molecule has 104 valence electrons. The van der Waals surface area contributed by atoms with Gasteiger partial charge in [-0.05, 0) is 30.3 Å². The van der Waals surface area contributed by atoms with Crippen molar-refractivity contribution in [1.82, 2.24) is 9.47 Å². The van der Waals surface area contributed by atoms with Crippen LogP contribution in [0.3, 0.4) is 0 Å². The molecule has 1 fully saturated rings. The molecule has 2 rings (SSSR count). The van der Waals surface area contributed by atoms with Crippen molar-refractivity contribution in [2.24, 2.45) is 12.8 Å². The molecule has 19 heavy (non-hydrogen) atoms. The quantitative estimate of drug-likeness (QED) is 0.649. The zero-order valence-electron chi connectivity index (χ0n) is 10.9. The van der Waals surface area contributed by atoms with Crippen molar-refractivity contribution in [3.63, 3.8) is 0 Å². The zero-order chi connectivity index (χ0) is 14.0. The Labute approximate surface area is 111 Å².